The molecule has 1 aromatic heterocycles. The Hall–Kier alpha value is -3.12. The second kappa shape index (κ2) is 8.94. The normalized spacial score (nSPS) is 15.6. The molecule has 6 nitrogen and oxygen atoms in total. The molecule has 1 aliphatic heterocycles. The molecule has 1 aliphatic rings. The van der Waals surface area contributed by atoms with Gasteiger partial charge in [-0.05, 0) is 33.6 Å². The maximum Gasteiger partial charge on any atom is 0.528 e. The number of benzene rings is 2. The van der Waals surface area contributed by atoms with Crippen LogP contribution in [0.5, 0.6) is 0 Å². The van der Waals surface area contributed by atoms with Crippen LogP contribution in [-0.2, 0) is 9.57 Å². The summed E-state index contributed by atoms with van der Waals surface area (Å²) in [5, 5.41) is 1.66. The zero-order chi connectivity index (χ0) is 21.8. The number of hydrogen-bond acceptors (Lipinski definition) is 6. The average Bonchev–Trinajstić information content (AvgIpc) is 3.20. The van der Waals surface area contributed by atoms with Crippen molar-refractivity contribution >= 4 is 6.16 Å². The van der Waals surface area contributed by atoms with Gasteiger partial charge in [0.2, 0.25) is 0 Å². The highest BCUT2D eigenvalue weighted by molar-refractivity contribution is 5.76. The molecule has 162 valence electrons. The van der Waals surface area contributed by atoms with E-state index in [1.165, 1.54) is 0 Å². The molecule has 31 heavy (non-hydrogen) atoms. The first kappa shape index (κ1) is 21.1. The average molecular weight is 421 g/mol. The fourth-order valence-corrected chi connectivity index (χ4v) is 3.66. The summed E-state index contributed by atoms with van der Waals surface area (Å²) in [4.78, 5) is 22.2. The van der Waals surface area contributed by atoms with Crippen molar-refractivity contribution in [3.8, 4) is 22.6 Å². The molecule has 0 bridgehead atoms. The predicted molar refractivity (Wildman–Crippen MR) is 118 cm³/mol. The molecule has 0 N–H and O–H groups in total. The van der Waals surface area contributed by atoms with Gasteiger partial charge < -0.3 is 14.0 Å². The third-order valence-corrected chi connectivity index (χ3v) is 5.12. The summed E-state index contributed by atoms with van der Waals surface area (Å²) in [5.41, 5.74) is 2.32. The van der Waals surface area contributed by atoms with E-state index in [2.05, 4.69) is 0 Å². The maximum absolute atomic E-state index is 11.9. The lowest BCUT2D eigenvalue weighted by Crippen LogP contribution is -2.37. The number of rotatable bonds is 4. The van der Waals surface area contributed by atoms with Gasteiger partial charge in [0.05, 0.1) is 0 Å². The van der Waals surface area contributed by atoms with Gasteiger partial charge in [0.25, 0.3) is 0 Å². The van der Waals surface area contributed by atoms with Crippen molar-refractivity contribution in [2.24, 2.45) is 0 Å². The standard InChI is InChI=1S/C25H28N2O4/c1-25(2,3)30-24(28)31-27-16-14-20(15-17-27)23-26-21(18-10-6-4-7-11-18)22(29-23)19-12-8-5-9-13-19/h4-13,20H,14-17H2,1-3H3. The number of hydroxylamine groups is 2. The van der Waals surface area contributed by atoms with Gasteiger partial charge in [-0.25, -0.2) is 9.78 Å². The lowest BCUT2D eigenvalue weighted by molar-refractivity contribution is -0.152. The second-order valence-corrected chi connectivity index (χ2v) is 8.72. The Bertz CT molecular complexity index is 944. The van der Waals surface area contributed by atoms with Gasteiger partial charge in [-0.1, -0.05) is 60.7 Å². The predicted octanol–water partition coefficient (Wildman–Crippen LogP) is 6.05. The number of oxazole rings is 1. The Morgan fingerprint density at radius 2 is 1.55 bits per heavy atom. The maximum atomic E-state index is 11.9. The Labute approximate surface area is 182 Å². The number of hydrogen-bond donors (Lipinski definition) is 0. The van der Waals surface area contributed by atoms with Crippen LogP contribution in [0, 0.1) is 0 Å². The minimum atomic E-state index is -0.667. The molecule has 0 amide bonds. The van der Waals surface area contributed by atoms with Crippen LogP contribution in [0.2, 0.25) is 0 Å². The molecule has 0 atom stereocenters. The number of piperidine rings is 1. The van der Waals surface area contributed by atoms with Crippen molar-refractivity contribution in [1.82, 2.24) is 10.0 Å². The van der Waals surface area contributed by atoms with Gasteiger partial charge in [-0.15, -0.1) is 5.06 Å². The third kappa shape index (κ3) is 5.33. The van der Waals surface area contributed by atoms with E-state index in [1.54, 1.807) is 5.06 Å². The summed E-state index contributed by atoms with van der Waals surface area (Å²) in [6.45, 7) is 6.66. The fourth-order valence-electron chi connectivity index (χ4n) is 3.66. The van der Waals surface area contributed by atoms with E-state index in [0.717, 1.165) is 41.3 Å². The Kier molecular flexibility index (Phi) is 6.09. The van der Waals surface area contributed by atoms with Crippen molar-refractivity contribution in [2.45, 2.75) is 45.1 Å². The molecule has 0 aliphatic carbocycles. The van der Waals surface area contributed by atoms with Gasteiger partial charge in [0, 0.05) is 30.1 Å². The number of nitrogens with zero attached hydrogens (tertiary/aromatic N) is 2. The summed E-state index contributed by atoms with van der Waals surface area (Å²) in [6, 6.07) is 20.2. The van der Waals surface area contributed by atoms with Crippen molar-refractivity contribution < 1.29 is 18.8 Å². The van der Waals surface area contributed by atoms with Crippen molar-refractivity contribution in [3.05, 3.63) is 66.6 Å². The number of aromatic nitrogens is 1. The number of ether oxygens (including phenoxy) is 1. The van der Waals surface area contributed by atoms with Crippen LogP contribution in [0.1, 0.15) is 45.4 Å². The topological polar surface area (TPSA) is 64.8 Å². The minimum Gasteiger partial charge on any atom is -0.440 e. The minimum absolute atomic E-state index is 0.165. The molecule has 2 aromatic carbocycles. The van der Waals surface area contributed by atoms with E-state index in [0.29, 0.717) is 13.1 Å². The Balaban J connectivity index is 1.50. The van der Waals surface area contributed by atoms with E-state index >= 15 is 0 Å². The highest BCUT2D eigenvalue weighted by atomic mass is 16.8. The number of carbonyl (C=O) groups is 1. The van der Waals surface area contributed by atoms with Crippen LogP contribution in [0.4, 0.5) is 4.79 Å². The van der Waals surface area contributed by atoms with E-state index in [1.807, 2.05) is 81.4 Å². The monoisotopic (exact) mass is 420 g/mol. The van der Waals surface area contributed by atoms with E-state index < -0.39 is 11.8 Å². The molecule has 0 spiro atoms. The van der Waals surface area contributed by atoms with Gasteiger partial charge >= 0.3 is 6.16 Å². The molecule has 0 saturated carbocycles. The molecule has 4 rings (SSSR count). The summed E-state index contributed by atoms with van der Waals surface area (Å²) in [7, 11) is 0. The molecule has 3 aromatic rings. The lowest BCUT2D eigenvalue weighted by Gasteiger charge is -2.29. The molecular weight excluding hydrogens is 392 g/mol. The Morgan fingerprint density at radius 3 is 2.13 bits per heavy atom. The largest absolute Gasteiger partial charge is 0.528 e. The molecule has 1 saturated heterocycles. The van der Waals surface area contributed by atoms with Crippen LogP contribution in [0.25, 0.3) is 22.6 Å². The van der Waals surface area contributed by atoms with Gasteiger partial charge in [-0.3, -0.25) is 0 Å². The van der Waals surface area contributed by atoms with Crippen LogP contribution in [0.15, 0.2) is 65.1 Å². The van der Waals surface area contributed by atoms with Crippen LogP contribution in [0.3, 0.4) is 0 Å². The Morgan fingerprint density at radius 1 is 0.968 bits per heavy atom. The quantitative estimate of drug-likeness (QED) is 0.478. The molecule has 0 unspecified atom stereocenters. The van der Waals surface area contributed by atoms with Crippen molar-refractivity contribution in [1.29, 1.82) is 0 Å². The molecular formula is C25H28N2O4. The summed E-state index contributed by atoms with van der Waals surface area (Å²) in [6.07, 6.45) is 0.900. The molecule has 0 radical (unpaired) electrons. The zero-order valence-corrected chi connectivity index (χ0v) is 18.2. The van der Waals surface area contributed by atoms with Gasteiger partial charge in [0.15, 0.2) is 11.7 Å². The van der Waals surface area contributed by atoms with E-state index in [4.69, 9.17) is 19.0 Å². The third-order valence-electron chi connectivity index (χ3n) is 5.12. The highest BCUT2D eigenvalue weighted by Crippen LogP contribution is 2.37. The van der Waals surface area contributed by atoms with Crippen LogP contribution in [-0.4, -0.2) is 34.9 Å². The summed E-state index contributed by atoms with van der Waals surface area (Å²) >= 11 is 0. The summed E-state index contributed by atoms with van der Waals surface area (Å²) < 4.78 is 11.6. The van der Waals surface area contributed by atoms with Crippen LogP contribution >= 0.6 is 0 Å². The van der Waals surface area contributed by atoms with Crippen molar-refractivity contribution in [2.75, 3.05) is 13.1 Å². The SMILES string of the molecule is CC(C)(C)OC(=O)ON1CCC(c2nc(-c3ccccc3)c(-c3ccccc3)o2)CC1. The first-order valence-corrected chi connectivity index (χ1v) is 10.7. The highest BCUT2D eigenvalue weighted by Gasteiger charge is 2.29. The number of carbonyl (C=O) groups excluding carboxylic acids is 1. The molecule has 1 fully saturated rings. The van der Waals surface area contributed by atoms with Gasteiger partial charge in [-0.2, -0.15) is 0 Å². The molecule has 6 heteroatoms. The first-order chi connectivity index (χ1) is 14.9. The first-order valence-electron chi connectivity index (χ1n) is 10.7. The fraction of sp³-hybridized carbons (Fsp3) is 0.360. The lowest BCUT2D eigenvalue weighted by atomic mass is 9.98. The molecule has 2 heterocycles. The summed E-state index contributed by atoms with van der Waals surface area (Å²) in [5.74, 6) is 1.68. The van der Waals surface area contributed by atoms with E-state index in [-0.39, 0.29) is 5.92 Å². The van der Waals surface area contributed by atoms with Crippen molar-refractivity contribution in [3.63, 3.8) is 0 Å². The van der Waals surface area contributed by atoms with E-state index in [9.17, 15) is 4.79 Å². The van der Waals surface area contributed by atoms with Crippen LogP contribution < -0.4 is 0 Å². The zero-order valence-electron chi connectivity index (χ0n) is 18.2. The van der Waals surface area contributed by atoms with Gasteiger partial charge in [0.1, 0.15) is 11.3 Å². The smallest absolute Gasteiger partial charge is 0.440 e. The second-order valence-electron chi connectivity index (χ2n) is 8.72.